The van der Waals surface area contributed by atoms with Crippen LogP contribution in [0.2, 0.25) is 0 Å². The van der Waals surface area contributed by atoms with E-state index in [-0.39, 0.29) is 16.8 Å². The standard InChI is InChI=1S/C26H31N3O3S/c1-4-29(5-2)25(21-13-8-6-9-14-21)20-27-26(30)22-15-12-18-24(19-22)33(31,32)28(3)23-16-10-7-11-17-23/h6-19,25H,4-5,20H2,1-3H3,(H,27,30). The van der Waals surface area contributed by atoms with Crippen molar-refractivity contribution < 1.29 is 13.2 Å². The van der Waals surface area contributed by atoms with Gasteiger partial charge in [-0.1, -0.05) is 68.4 Å². The first-order valence-corrected chi connectivity index (χ1v) is 12.5. The normalized spacial score (nSPS) is 12.4. The van der Waals surface area contributed by atoms with Gasteiger partial charge in [-0.3, -0.25) is 14.0 Å². The molecule has 0 aliphatic rings. The van der Waals surface area contributed by atoms with Crippen molar-refractivity contribution in [1.29, 1.82) is 0 Å². The SMILES string of the molecule is CCN(CC)C(CNC(=O)c1cccc(S(=O)(=O)N(C)c2ccccc2)c1)c1ccccc1. The lowest BCUT2D eigenvalue weighted by Crippen LogP contribution is -2.38. The van der Waals surface area contributed by atoms with E-state index in [0.29, 0.717) is 17.8 Å². The van der Waals surface area contributed by atoms with Gasteiger partial charge in [0.25, 0.3) is 15.9 Å². The molecule has 3 rings (SSSR count). The molecule has 1 atom stereocenters. The summed E-state index contributed by atoms with van der Waals surface area (Å²) < 4.78 is 27.4. The van der Waals surface area contributed by atoms with Gasteiger partial charge >= 0.3 is 0 Å². The topological polar surface area (TPSA) is 69.7 Å². The third-order valence-corrected chi connectivity index (χ3v) is 7.55. The molecule has 174 valence electrons. The highest BCUT2D eigenvalue weighted by Gasteiger charge is 2.23. The Bertz CT molecular complexity index is 1150. The van der Waals surface area contributed by atoms with E-state index < -0.39 is 10.0 Å². The van der Waals surface area contributed by atoms with Crippen LogP contribution in [0.3, 0.4) is 0 Å². The van der Waals surface area contributed by atoms with Crippen LogP contribution in [0.4, 0.5) is 5.69 Å². The molecule has 0 radical (unpaired) electrons. The van der Waals surface area contributed by atoms with Gasteiger partial charge in [0.05, 0.1) is 16.6 Å². The number of carbonyl (C=O) groups is 1. The number of amides is 1. The molecule has 0 heterocycles. The summed E-state index contributed by atoms with van der Waals surface area (Å²) in [5.74, 6) is -0.303. The van der Waals surface area contributed by atoms with Crippen LogP contribution in [0.25, 0.3) is 0 Å². The minimum absolute atomic E-state index is 0.0290. The lowest BCUT2D eigenvalue weighted by atomic mass is 10.0. The van der Waals surface area contributed by atoms with Gasteiger partial charge in [0.1, 0.15) is 0 Å². The number of anilines is 1. The first kappa shape index (κ1) is 24.5. The molecule has 3 aromatic carbocycles. The summed E-state index contributed by atoms with van der Waals surface area (Å²) in [6.07, 6.45) is 0. The fraction of sp³-hybridized carbons (Fsp3) is 0.269. The monoisotopic (exact) mass is 465 g/mol. The Morgan fingerprint density at radius 3 is 2.09 bits per heavy atom. The Labute approximate surface area is 196 Å². The van der Waals surface area contributed by atoms with Crippen molar-refractivity contribution in [3.05, 3.63) is 96.1 Å². The number of hydrogen-bond donors (Lipinski definition) is 1. The summed E-state index contributed by atoms with van der Waals surface area (Å²) in [6.45, 7) is 6.32. The number of sulfonamides is 1. The van der Waals surface area contributed by atoms with Crippen LogP contribution >= 0.6 is 0 Å². The van der Waals surface area contributed by atoms with Gasteiger partial charge in [0.2, 0.25) is 0 Å². The molecular formula is C26H31N3O3S. The molecule has 0 aliphatic carbocycles. The van der Waals surface area contributed by atoms with E-state index in [1.165, 1.54) is 23.5 Å². The average Bonchev–Trinajstić information content (AvgIpc) is 2.87. The molecule has 0 bridgehead atoms. The number of nitrogens with zero attached hydrogens (tertiary/aromatic N) is 2. The maximum atomic E-state index is 13.1. The van der Waals surface area contributed by atoms with Gasteiger partial charge in [-0.2, -0.15) is 0 Å². The third-order valence-electron chi connectivity index (χ3n) is 5.77. The van der Waals surface area contributed by atoms with Crippen LogP contribution in [0, 0.1) is 0 Å². The molecule has 0 aliphatic heterocycles. The second-order valence-corrected chi connectivity index (χ2v) is 9.66. The zero-order valence-corrected chi connectivity index (χ0v) is 20.1. The van der Waals surface area contributed by atoms with Crippen LogP contribution in [0.5, 0.6) is 0 Å². The van der Waals surface area contributed by atoms with Gasteiger partial charge < -0.3 is 5.32 Å². The molecule has 0 spiro atoms. The maximum absolute atomic E-state index is 13.1. The summed E-state index contributed by atoms with van der Waals surface area (Å²) >= 11 is 0. The van der Waals surface area contributed by atoms with Crippen LogP contribution in [0.1, 0.15) is 35.8 Å². The number of rotatable bonds is 10. The Kier molecular flexibility index (Phi) is 8.25. The number of para-hydroxylation sites is 1. The number of likely N-dealkylation sites (N-methyl/N-ethyl adjacent to an activating group) is 1. The fourth-order valence-corrected chi connectivity index (χ4v) is 5.06. The lowest BCUT2D eigenvalue weighted by molar-refractivity contribution is 0.0934. The molecule has 33 heavy (non-hydrogen) atoms. The predicted molar refractivity (Wildman–Crippen MR) is 133 cm³/mol. The summed E-state index contributed by atoms with van der Waals surface area (Å²) in [7, 11) is -2.29. The molecule has 1 unspecified atom stereocenters. The van der Waals surface area contributed by atoms with Crippen molar-refractivity contribution in [2.24, 2.45) is 0 Å². The van der Waals surface area contributed by atoms with Gasteiger partial charge in [0, 0.05) is 19.2 Å². The second-order valence-electron chi connectivity index (χ2n) is 7.69. The minimum Gasteiger partial charge on any atom is -0.350 e. The number of hydrogen-bond acceptors (Lipinski definition) is 4. The van der Waals surface area contributed by atoms with Crippen LogP contribution in [-0.2, 0) is 10.0 Å². The molecular weight excluding hydrogens is 434 g/mol. The predicted octanol–water partition coefficient (Wildman–Crippen LogP) is 4.32. The minimum atomic E-state index is -3.80. The highest BCUT2D eigenvalue weighted by Crippen LogP contribution is 2.23. The molecule has 0 saturated carbocycles. The molecule has 1 N–H and O–H groups in total. The van der Waals surface area contributed by atoms with Crippen molar-refractivity contribution >= 4 is 21.6 Å². The van der Waals surface area contributed by atoms with Crippen molar-refractivity contribution in [2.45, 2.75) is 24.8 Å². The van der Waals surface area contributed by atoms with Gasteiger partial charge in [-0.05, 0) is 49.0 Å². The zero-order chi connectivity index (χ0) is 23.8. The average molecular weight is 466 g/mol. The summed E-state index contributed by atoms with van der Waals surface area (Å²) in [6, 6.07) is 25.1. The Morgan fingerprint density at radius 2 is 1.48 bits per heavy atom. The number of nitrogens with one attached hydrogen (secondary N) is 1. The van der Waals surface area contributed by atoms with Gasteiger partial charge in [-0.15, -0.1) is 0 Å². The molecule has 0 fully saturated rings. The lowest BCUT2D eigenvalue weighted by Gasteiger charge is -2.30. The van der Waals surface area contributed by atoms with E-state index in [0.717, 1.165) is 18.7 Å². The smallest absolute Gasteiger partial charge is 0.264 e. The quantitative estimate of drug-likeness (QED) is 0.484. The molecule has 3 aromatic rings. The summed E-state index contributed by atoms with van der Waals surface area (Å²) in [5, 5.41) is 3.00. The van der Waals surface area contributed by atoms with Crippen LogP contribution in [-0.4, -0.2) is 45.9 Å². The summed E-state index contributed by atoms with van der Waals surface area (Å²) in [4.78, 5) is 15.3. The Morgan fingerprint density at radius 1 is 0.879 bits per heavy atom. The zero-order valence-electron chi connectivity index (χ0n) is 19.3. The Balaban J connectivity index is 1.79. The second kappa shape index (κ2) is 11.1. The van der Waals surface area contributed by atoms with Crippen LogP contribution < -0.4 is 9.62 Å². The maximum Gasteiger partial charge on any atom is 0.264 e. The number of carbonyl (C=O) groups excluding carboxylic acids is 1. The Hall–Kier alpha value is -3.16. The third kappa shape index (κ3) is 5.80. The van der Waals surface area contributed by atoms with Crippen LogP contribution in [0.15, 0.2) is 89.8 Å². The van der Waals surface area contributed by atoms with Gasteiger partial charge in [0.15, 0.2) is 0 Å². The van der Waals surface area contributed by atoms with Crippen molar-refractivity contribution in [3.8, 4) is 0 Å². The first-order valence-electron chi connectivity index (χ1n) is 11.1. The van der Waals surface area contributed by atoms with Crippen molar-refractivity contribution in [1.82, 2.24) is 10.2 Å². The molecule has 7 heteroatoms. The van der Waals surface area contributed by atoms with E-state index >= 15 is 0 Å². The van der Waals surface area contributed by atoms with E-state index in [2.05, 4.69) is 36.2 Å². The van der Waals surface area contributed by atoms with Crippen molar-refractivity contribution in [3.63, 3.8) is 0 Å². The summed E-state index contributed by atoms with van der Waals surface area (Å²) in [5.41, 5.74) is 1.99. The van der Waals surface area contributed by atoms with E-state index in [1.54, 1.807) is 36.4 Å². The highest BCUT2D eigenvalue weighted by molar-refractivity contribution is 7.92. The van der Waals surface area contributed by atoms with E-state index in [1.807, 2.05) is 24.3 Å². The molecule has 6 nitrogen and oxygen atoms in total. The largest absolute Gasteiger partial charge is 0.350 e. The van der Waals surface area contributed by atoms with E-state index in [9.17, 15) is 13.2 Å². The van der Waals surface area contributed by atoms with Gasteiger partial charge in [-0.25, -0.2) is 8.42 Å². The molecule has 1 amide bonds. The molecule has 0 aromatic heterocycles. The fourth-order valence-electron chi connectivity index (χ4n) is 3.82. The molecule has 0 saturated heterocycles. The highest BCUT2D eigenvalue weighted by atomic mass is 32.2. The number of benzene rings is 3. The first-order chi connectivity index (χ1) is 15.9. The van der Waals surface area contributed by atoms with E-state index in [4.69, 9.17) is 0 Å². The van der Waals surface area contributed by atoms with Crippen molar-refractivity contribution in [2.75, 3.05) is 31.0 Å².